The molecule has 2 aromatic rings. The molecule has 0 aliphatic heterocycles. The van der Waals surface area contributed by atoms with Crippen molar-refractivity contribution in [3.8, 4) is 5.75 Å². The van der Waals surface area contributed by atoms with Crippen molar-refractivity contribution in [3.63, 3.8) is 0 Å². The topological polar surface area (TPSA) is 94.0 Å². The lowest BCUT2D eigenvalue weighted by atomic mass is 10.4. The summed E-state index contributed by atoms with van der Waals surface area (Å²) in [6.45, 7) is 0. The summed E-state index contributed by atoms with van der Waals surface area (Å²) in [4.78, 5) is 19.1. The van der Waals surface area contributed by atoms with E-state index < -0.39 is 4.92 Å². The normalized spacial score (nSPS) is 9.88. The Morgan fingerprint density at radius 2 is 2.06 bits per heavy atom. The van der Waals surface area contributed by atoms with Gasteiger partial charge >= 0.3 is 5.69 Å². The summed E-state index contributed by atoms with van der Waals surface area (Å²) < 4.78 is 1.28. The van der Waals surface area contributed by atoms with Crippen molar-refractivity contribution in [2.24, 2.45) is 0 Å². The second-order valence-corrected chi connectivity index (χ2v) is 3.14. The van der Waals surface area contributed by atoms with Crippen LogP contribution in [-0.4, -0.2) is 14.6 Å². The Kier molecular flexibility index (Phi) is 2.82. The third kappa shape index (κ3) is 2.46. The standard InChI is InChI=1S/C10H8N4O3/c11-8-2-5-13(6-3-8)17-10-1-4-12-7-9(10)14(15)16/h1-7,11H. The van der Waals surface area contributed by atoms with E-state index in [4.69, 9.17) is 10.2 Å². The summed E-state index contributed by atoms with van der Waals surface area (Å²) in [5, 5.41) is 18.3. The maximum atomic E-state index is 10.7. The zero-order valence-corrected chi connectivity index (χ0v) is 8.61. The first kappa shape index (κ1) is 10.8. The Morgan fingerprint density at radius 1 is 1.35 bits per heavy atom. The molecule has 7 heteroatoms. The summed E-state index contributed by atoms with van der Waals surface area (Å²) in [6, 6.07) is 4.42. The molecular formula is C10H8N4O3. The minimum Gasteiger partial charge on any atom is -0.368 e. The van der Waals surface area contributed by atoms with Crippen molar-refractivity contribution in [3.05, 3.63) is 58.5 Å². The van der Waals surface area contributed by atoms with Gasteiger partial charge in [0.15, 0.2) is 0 Å². The number of nitrogens with zero attached hydrogens (tertiary/aromatic N) is 3. The lowest BCUT2D eigenvalue weighted by Gasteiger charge is -2.07. The first-order chi connectivity index (χ1) is 8.16. The number of nitrogens with one attached hydrogen (secondary N) is 1. The summed E-state index contributed by atoms with van der Waals surface area (Å²) in [6.07, 6.45) is 5.51. The molecule has 0 fully saturated rings. The van der Waals surface area contributed by atoms with Crippen LogP contribution < -0.4 is 10.2 Å². The van der Waals surface area contributed by atoms with Crippen LogP contribution in [0.25, 0.3) is 0 Å². The van der Waals surface area contributed by atoms with E-state index in [-0.39, 0.29) is 11.4 Å². The number of hydrogen-bond acceptors (Lipinski definition) is 5. The molecule has 17 heavy (non-hydrogen) atoms. The molecule has 0 amide bonds. The summed E-state index contributed by atoms with van der Waals surface area (Å²) in [5.74, 6) is 0.0905. The number of rotatable bonds is 3. The van der Waals surface area contributed by atoms with Crippen LogP contribution in [0.1, 0.15) is 0 Å². The van der Waals surface area contributed by atoms with Crippen LogP contribution in [0.5, 0.6) is 5.75 Å². The molecule has 0 unspecified atom stereocenters. The molecule has 86 valence electrons. The van der Waals surface area contributed by atoms with Gasteiger partial charge in [-0.25, -0.2) is 0 Å². The predicted molar refractivity (Wildman–Crippen MR) is 57.2 cm³/mol. The third-order valence-electron chi connectivity index (χ3n) is 1.96. The van der Waals surface area contributed by atoms with Crippen LogP contribution in [0.15, 0.2) is 43.0 Å². The van der Waals surface area contributed by atoms with Crippen LogP contribution in [0.2, 0.25) is 0 Å². The molecular weight excluding hydrogens is 224 g/mol. The molecule has 0 radical (unpaired) electrons. The van der Waals surface area contributed by atoms with Crippen molar-refractivity contribution in [1.82, 2.24) is 9.71 Å². The maximum Gasteiger partial charge on any atom is 0.332 e. The molecule has 0 aliphatic carbocycles. The van der Waals surface area contributed by atoms with E-state index in [0.717, 1.165) is 6.20 Å². The Bertz CT molecular complexity index is 588. The first-order valence-electron chi connectivity index (χ1n) is 4.66. The molecule has 0 atom stereocenters. The highest BCUT2D eigenvalue weighted by molar-refractivity contribution is 5.42. The van der Waals surface area contributed by atoms with E-state index in [1.165, 1.54) is 41.5 Å². The smallest absolute Gasteiger partial charge is 0.332 e. The Hall–Kier alpha value is -2.70. The number of pyridine rings is 2. The van der Waals surface area contributed by atoms with Crippen molar-refractivity contribution in [2.75, 3.05) is 0 Å². The van der Waals surface area contributed by atoms with Gasteiger partial charge in [0, 0.05) is 24.7 Å². The lowest BCUT2D eigenvalue weighted by molar-refractivity contribution is -0.386. The van der Waals surface area contributed by atoms with Crippen LogP contribution in [0, 0.1) is 15.5 Å². The Balaban J connectivity index is 2.33. The van der Waals surface area contributed by atoms with Crippen molar-refractivity contribution in [2.45, 2.75) is 0 Å². The maximum absolute atomic E-state index is 10.7. The highest BCUT2D eigenvalue weighted by Gasteiger charge is 2.15. The largest absolute Gasteiger partial charge is 0.368 e. The molecule has 7 nitrogen and oxygen atoms in total. The first-order valence-corrected chi connectivity index (χ1v) is 4.66. The van der Waals surface area contributed by atoms with Gasteiger partial charge in [-0.1, -0.05) is 0 Å². The predicted octanol–water partition coefficient (Wildman–Crippen LogP) is 1.11. The quantitative estimate of drug-likeness (QED) is 0.633. The van der Waals surface area contributed by atoms with Gasteiger partial charge in [0.1, 0.15) is 6.20 Å². The van der Waals surface area contributed by atoms with E-state index >= 15 is 0 Å². The highest BCUT2D eigenvalue weighted by atomic mass is 16.7. The molecule has 2 rings (SSSR count). The molecule has 0 aliphatic rings. The van der Waals surface area contributed by atoms with Gasteiger partial charge in [-0.15, -0.1) is 0 Å². The second kappa shape index (κ2) is 4.44. The summed E-state index contributed by atoms with van der Waals surface area (Å²) in [7, 11) is 0. The van der Waals surface area contributed by atoms with Gasteiger partial charge in [0.25, 0.3) is 0 Å². The number of hydrogen-bond donors (Lipinski definition) is 1. The van der Waals surface area contributed by atoms with Gasteiger partial charge < -0.3 is 10.2 Å². The molecule has 0 bridgehead atoms. The van der Waals surface area contributed by atoms with Crippen LogP contribution in [0.3, 0.4) is 0 Å². The number of aromatic nitrogens is 2. The summed E-state index contributed by atoms with van der Waals surface area (Å²) in [5.41, 5.74) is -0.213. The fraction of sp³-hybridized carbons (Fsp3) is 0. The minimum absolute atomic E-state index is 0.0905. The lowest BCUT2D eigenvalue weighted by Crippen LogP contribution is -2.09. The van der Waals surface area contributed by atoms with Gasteiger partial charge in [0.2, 0.25) is 5.75 Å². The minimum atomic E-state index is -0.568. The van der Waals surface area contributed by atoms with Crippen LogP contribution >= 0.6 is 0 Å². The molecule has 0 saturated carbocycles. The fourth-order valence-electron chi connectivity index (χ4n) is 1.17. The average molecular weight is 232 g/mol. The average Bonchev–Trinajstić information content (AvgIpc) is 2.32. The molecule has 2 heterocycles. The molecule has 2 aromatic heterocycles. The van der Waals surface area contributed by atoms with E-state index in [2.05, 4.69) is 4.98 Å². The van der Waals surface area contributed by atoms with Crippen LogP contribution in [0.4, 0.5) is 5.69 Å². The van der Waals surface area contributed by atoms with Crippen molar-refractivity contribution < 1.29 is 9.76 Å². The van der Waals surface area contributed by atoms with Gasteiger partial charge in [0.05, 0.1) is 10.3 Å². The monoisotopic (exact) mass is 232 g/mol. The third-order valence-corrected chi connectivity index (χ3v) is 1.96. The van der Waals surface area contributed by atoms with Crippen molar-refractivity contribution >= 4 is 5.69 Å². The molecule has 1 N–H and O–H groups in total. The molecule has 0 spiro atoms. The zero-order chi connectivity index (χ0) is 12.3. The van der Waals surface area contributed by atoms with Crippen molar-refractivity contribution in [1.29, 1.82) is 5.41 Å². The van der Waals surface area contributed by atoms with Gasteiger partial charge in [-0.05, 0) is 12.1 Å². The SMILES string of the molecule is N=c1ccn(Oc2ccncc2[N+](=O)[O-])cc1. The Morgan fingerprint density at radius 3 is 2.71 bits per heavy atom. The molecule has 0 aromatic carbocycles. The van der Waals surface area contributed by atoms with E-state index in [1.807, 2.05) is 0 Å². The van der Waals surface area contributed by atoms with E-state index in [9.17, 15) is 10.1 Å². The molecule has 0 saturated heterocycles. The second-order valence-electron chi connectivity index (χ2n) is 3.14. The highest BCUT2D eigenvalue weighted by Crippen LogP contribution is 2.24. The zero-order valence-electron chi connectivity index (χ0n) is 8.61. The number of nitro groups is 1. The van der Waals surface area contributed by atoms with E-state index in [0.29, 0.717) is 5.36 Å². The van der Waals surface area contributed by atoms with Gasteiger partial charge in [-0.2, -0.15) is 4.73 Å². The Labute approximate surface area is 95.5 Å². The van der Waals surface area contributed by atoms with E-state index in [1.54, 1.807) is 0 Å². The summed E-state index contributed by atoms with van der Waals surface area (Å²) >= 11 is 0. The fourth-order valence-corrected chi connectivity index (χ4v) is 1.17. The van der Waals surface area contributed by atoms with Crippen LogP contribution in [-0.2, 0) is 0 Å². The van der Waals surface area contributed by atoms with Gasteiger partial charge in [-0.3, -0.25) is 15.1 Å².